The fourth-order valence-corrected chi connectivity index (χ4v) is 6.07. The third-order valence-corrected chi connectivity index (χ3v) is 7.85. The number of aliphatic imine (C=N–C) groups is 2. The van der Waals surface area contributed by atoms with Gasteiger partial charge in [-0.2, -0.15) is 5.10 Å². The van der Waals surface area contributed by atoms with Crippen LogP contribution in [0.25, 0.3) is 5.69 Å². The van der Waals surface area contributed by atoms with E-state index in [2.05, 4.69) is 54.4 Å². The van der Waals surface area contributed by atoms with Crippen molar-refractivity contribution in [3.05, 3.63) is 119 Å². The number of fused-ring (bicyclic) bond motifs is 4. The second-order valence-electron chi connectivity index (χ2n) is 10.8. The predicted molar refractivity (Wildman–Crippen MR) is 172 cm³/mol. The summed E-state index contributed by atoms with van der Waals surface area (Å²) in [6.45, 7) is 6.24. The van der Waals surface area contributed by atoms with Gasteiger partial charge in [-0.05, 0) is 86.0 Å². The number of nitrogens with zero attached hydrogens (tertiary/aromatic N) is 5. The van der Waals surface area contributed by atoms with Crippen molar-refractivity contribution in [1.82, 2.24) is 9.78 Å². The van der Waals surface area contributed by atoms with Gasteiger partial charge >= 0.3 is 0 Å². The molecule has 7 rings (SSSR count). The zero-order valence-electron chi connectivity index (χ0n) is 24.8. The molecule has 0 aliphatic carbocycles. The number of aryl methyl sites for hydroxylation is 3. The highest BCUT2D eigenvalue weighted by Crippen LogP contribution is 2.49. The van der Waals surface area contributed by atoms with Crippen molar-refractivity contribution < 1.29 is 9.47 Å². The van der Waals surface area contributed by atoms with E-state index in [0.29, 0.717) is 23.2 Å². The second kappa shape index (κ2) is 10.5. The van der Waals surface area contributed by atoms with Gasteiger partial charge in [-0.1, -0.05) is 42.5 Å². The summed E-state index contributed by atoms with van der Waals surface area (Å²) in [5, 5.41) is 8.64. The number of nitrogens with one attached hydrogen (secondary N) is 1. The number of hydrogen-bond donors (Lipinski definition) is 1. The molecule has 2 aliphatic heterocycles. The van der Waals surface area contributed by atoms with Gasteiger partial charge in [-0.25, -0.2) is 14.7 Å². The topological polar surface area (TPSA) is 76.3 Å². The quantitative estimate of drug-likeness (QED) is 0.236. The van der Waals surface area contributed by atoms with Crippen LogP contribution in [0.3, 0.4) is 0 Å². The van der Waals surface area contributed by atoms with Crippen molar-refractivity contribution >= 4 is 34.6 Å². The van der Waals surface area contributed by atoms with Crippen LogP contribution in [0.2, 0.25) is 0 Å². The maximum absolute atomic E-state index is 5.76. The molecule has 1 aromatic heterocycles. The molecule has 0 saturated carbocycles. The number of aromatic nitrogens is 2. The van der Waals surface area contributed by atoms with E-state index in [0.717, 1.165) is 45.4 Å². The number of hydrogen-bond acceptors (Lipinski definition) is 7. The van der Waals surface area contributed by atoms with E-state index < -0.39 is 0 Å². The van der Waals surface area contributed by atoms with E-state index in [1.165, 1.54) is 11.1 Å². The first kappa shape index (κ1) is 26.5. The molecule has 0 radical (unpaired) electrons. The van der Waals surface area contributed by atoms with Gasteiger partial charge in [0.15, 0.2) is 29.0 Å². The Labute approximate surface area is 251 Å². The summed E-state index contributed by atoms with van der Waals surface area (Å²) in [4.78, 5) is 12.7. The first-order valence-corrected chi connectivity index (χ1v) is 14.2. The number of methoxy groups -OCH3 is 2. The lowest BCUT2D eigenvalue weighted by Gasteiger charge is -2.40. The average Bonchev–Trinajstić information content (AvgIpc) is 3.35. The largest absolute Gasteiger partial charge is 0.493 e. The second-order valence-corrected chi connectivity index (χ2v) is 10.8. The van der Waals surface area contributed by atoms with Crippen LogP contribution in [0.15, 0.2) is 101 Å². The summed E-state index contributed by atoms with van der Waals surface area (Å²) in [5.74, 6) is 3.47. The van der Waals surface area contributed by atoms with Gasteiger partial charge < -0.3 is 19.7 Å². The summed E-state index contributed by atoms with van der Waals surface area (Å²) in [6, 6.07) is 30.5. The van der Waals surface area contributed by atoms with Crippen LogP contribution < -0.4 is 19.7 Å². The van der Waals surface area contributed by atoms with Crippen LogP contribution in [0.5, 0.6) is 11.5 Å². The molecule has 0 bridgehead atoms. The molecular weight excluding hydrogens is 536 g/mol. The average molecular weight is 569 g/mol. The summed E-state index contributed by atoms with van der Waals surface area (Å²) >= 11 is 0. The highest BCUT2D eigenvalue weighted by atomic mass is 16.5. The SMILES string of the molecule is COc1ccc([C@@H]2c3c(C)nn(-c4ccccc4)c3N=C3C(Nc4cc(C)cc(C)c4)=Nc4ccccc4N32)cc1OC. The highest BCUT2D eigenvalue weighted by molar-refractivity contribution is 6.51. The monoisotopic (exact) mass is 568 g/mol. The Bertz CT molecular complexity index is 1900. The maximum atomic E-state index is 5.76. The predicted octanol–water partition coefficient (Wildman–Crippen LogP) is 7.61. The Morgan fingerprint density at radius 2 is 1.47 bits per heavy atom. The molecular formula is C35H32N6O2. The number of amidine groups is 2. The zero-order valence-corrected chi connectivity index (χ0v) is 24.8. The lowest BCUT2D eigenvalue weighted by atomic mass is 9.93. The van der Waals surface area contributed by atoms with Crippen molar-refractivity contribution in [3.63, 3.8) is 0 Å². The molecule has 43 heavy (non-hydrogen) atoms. The molecule has 214 valence electrons. The van der Waals surface area contributed by atoms with Gasteiger partial charge in [-0.3, -0.25) is 0 Å². The molecule has 0 amide bonds. The van der Waals surface area contributed by atoms with Gasteiger partial charge in [0.25, 0.3) is 0 Å². The fourth-order valence-electron chi connectivity index (χ4n) is 6.07. The maximum Gasteiger partial charge on any atom is 0.179 e. The highest BCUT2D eigenvalue weighted by Gasteiger charge is 2.41. The lowest BCUT2D eigenvalue weighted by molar-refractivity contribution is 0.354. The summed E-state index contributed by atoms with van der Waals surface area (Å²) in [5.41, 5.74) is 8.99. The Morgan fingerprint density at radius 1 is 0.744 bits per heavy atom. The zero-order chi connectivity index (χ0) is 29.7. The van der Waals surface area contributed by atoms with E-state index in [-0.39, 0.29) is 6.04 Å². The summed E-state index contributed by atoms with van der Waals surface area (Å²) in [7, 11) is 3.31. The number of anilines is 2. The van der Waals surface area contributed by atoms with Crippen molar-refractivity contribution in [2.24, 2.45) is 9.98 Å². The molecule has 5 aromatic rings. The van der Waals surface area contributed by atoms with Gasteiger partial charge in [0.05, 0.1) is 43.0 Å². The van der Waals surface area contributed by atoms with Crippen molar-refractivity contribution in [3.8, 4) is 17.2 Å². The van der Waals surface area contributed by atoms with E-state index in [4.69, 9.17) is 24.6 Å². The Morgan fingerprint density at radius 3 is 2.21 bits per heavy atom. The molecule has 2 aliphatic rings. The third-order valence-electron chi connectivity index (χ3n) is 7.85. The summed E-state index contributed by atoms with van der Waals surface area (Å²) < 4.78 is 13.3. The number of benzene rings is 4. The third kappa shape index (κ3) is 4.52. The minimum Gasteiger partial charge on any atom is -0.493 e. The van der Waals surface area contributed by atoms with Crippen LogP contribution >= 0.6 is 0 Å². The van der Waals surface area contributed by atoms with Crippen LogP contribution in [-0.2, 0) is 0 Å². The normalized spacial score (nSPS) is 15.1. The molecule has 8 heteroatoms. The first-order valence-electron chi connectivity index (χ1n) is 14.2. The van der Waals surface area contributed by atoms with Gasteiger partial charge in [0, 0.05) is 11.3 Å². The smallest absolute Gasteiger partial charge is 0.179 e. The molecule has 0 unspecified atom stereocenters. The molecule has 8 nitrogen and oxygen atoms in total. The molecule has 1 atom stereocenters. The van der Waals surface area contributed by atoms with E-state index in [1.54, 1.807) is 14.2 Å². The Kier molecular flexibility index (Phi) is 6.46. The standard InChI is InChI=1S/C35H32N6O2/c1-21-17-22(2)19-25(18-21)36-33-35-38-34-31(23(3)39-41(34)26-11-7-6-8-12-26)32(24-15-16-29(42-4)30(20-24)43-5)40(35)28-14-10-9-13-27(28)37-33/h6-20,32H,1-5H3,(H,36,37)/t32-/m1/s1. The van der Waals surface area contributed by atoms with Crippen LogP contribution in [0, 0.1) is 20.8 Å². The Hall–Kier alpha value is -5.37. The van der Waals surface area contributed by atoms with Crippen LogP contribution in [0.1, 0.15) is 34.0 Å². The van der Waals surface area contributed by atoms with Crippen molar-refractivity contribution in [2.45, 2.75) is 26.8 Å². The van der Waals surface area contributed by atoms with Crippen LogP contribution in [-0.4, -0.2) is 35.7 Å². The fraction of sp³-hybridized carbons (Fsp3) is 0.171. The molecule has 1 N–H and O–H groups in total. The first-order chi connectivity index (χ1) is 20.9. The minimum absolute atomic E-state index is 0.271. The molecule has 0 saturated heterocycles. The molecule has 3 heterocycles. The van der Waals surface area contributed by atoms with E-state index in [1.807, 2.05) is 72.3 Å². The van der Waals surface area contributed by atoms with Crippen LogP contribution in [0.4, 0.5) is 22.9 Å². The van der Waals surface area contributed by atoms with Gasteiger partial charge in [0.2, 0.25) is 0 Å². The van der Waals surface area contributed by atoms with Gasteiger partial charge in [0.1, 0.15) is 0 Å². The van der Waals surface area contributed by atoms with Crippen molar-refractivity contribution in [2.75, 3.05) is 24.4 Å². The molecule has 0 spiro atoms. The number of para-hydroxylation sites is 3. The number of rotatable bonds is 5. The minimum atomic E-state index is -0.271. The Balaban J connectivity index is 1.50. The molecule has 4 aromatic carbocycles. The van der Waals surface area contributed by atoms with Gasteiger partial charge in [-0.15, -0.1) is 0 Å². The van der Waals surface area contributed by atoms with E-state index >= 15 is 0 Å². The summed E-state index contributed by atoms with van der Waals surface area (Å²) in [6.07, 6.45) is 0. The van der Waals surface area contributed by atoms with Crippen molar-refractivity contribution in [1.29, 1.82) is 0 Å². The number of ether oxygens (including phenoxy) is 2. The van der Waals surface area contributed by atoms with E-state index in [9.17, 15) is 0 Å². The molecule has 0 fully saturated rings. The lowest BCUT2D eigenvalue weighted by Crippen LogP contribution is -2.46.